The van der Waals surface area contributed by atoms with Crippen LogP contribution < -0.4 is 14.8 Å². The van der Waals surface area contributed by atoms with Gasteiger partial charge in [0.25, 0.3) is 10.2 Å². The molecule has 0 bridgehead atoms. The van der Waals surface area contributed by atoms with E-state index in [-0.39, 0.29) is 23.6 Å². The molecule has 0 spiro atoms. The van der Waals surface area contributed by atoms with E-state index in [1.807, 2.05) is 0 Å². The van der Waals surface area contributed by atoms with Crippen molar-refractivity contribution in [2.45, 2.75) is 6.10 Å². The van der Waals surface area contributed by atoms with E-state index in [0.717, 1.165) is 5.56 Å². The Kier molecular flexibility index (Phi) is 6.13. The van der Waals surface area contributed by atoms with Crippen LogP contribution in [-0.2, 0) is 14.9 Å². The van der Waals surface area contributed by atoms with Gasteiger partial charge in [-0.2, -0.15) is 8.42 Å². The summed E-state index contributed by atoms with van der Waals surface area (Å²) in [6.07, 6.45) is -0.368. The minimum absolute atomic E-state index is 0.0212. The van der Waals surface area contributed by atoms with E-state index < -0.39 is 16.0 Å². The van der Waals surface area contributed by atoms with Gasteiger partial charge in [-0.25, -0.2) is 13.8 Å². The molecule has 2 rings (SSSR count). The molecule has 1 fully saturated rings. The predicted octanol–water partition coefficient (Wildman–Crippen LogP) is 0.810. The number of nitrogens with one attached hydrogen (secondary N) is 3. The van der Waals surface area contributed by atoms with Crippen molar-refractivity contribution in [2.24, 2.45) is 5.92 Å². The average molecular weight is 352 g/mol. The fraction of sp³-hybridized carbons (Fsp3) is 0.538. The predicted molar refractivity (Wildman–Crippen MR) is 82.4 cm³/mol. The Morgan fingerprint density at radius 1 is 1.50 bits per heavy atom. The Morgan fingerprint density at radius 3 is 2.95 bits per heavy atom. The maximum Gasteiger partial charge on any atom is 0.276 e. The van der Waals surface area contributed by atoms with Crippen molar-refractivity contribution in [3.63, 3.8) is 0 Å². The second kappa shape index (κ2) is 7.67. The van der Waals surface area contributed by atoms with Gasteiger partial charge in [0.05, 0.1) is 17.7 Å². The van der Waals surface area contributed by atoms with E-state index in [1.54, 1.807) is 6.07 Å². The van der Waals surface area contributed by atoms with Crippen LogP contribution in [0.3, 0.4) is 0 Å². The lowest BCUT2D eigenvalue weighted by atomic mass is 9.95. The molecule has 0 amide bonds. The van der Waals surface area contributed by atoms with E-state index in [4.69, 9.17) is 16.3 Å². The van der Waals surface area contributed by atoms with Crippen LogP contribution >= 0.6 is 11.6 Å². The highest BCUT2D eigenvalue weighted by atomic mass is 35.5. The molecule has 3 N–H and O–H groups in total. The summed E-state index contributed by atoms with van der Waals surface area (Å²) in [5.41, 5.74) is 0.726. The summed E-state index contributed by atoms with van der Waals surface area (Å²) < 4.78 is 46.8. The molecule has 1 aromatic carbocycles. The molecule has 1 saturated heterocycles. The monoisotopic (exact) mass is 351 g/mol. The Labute approximate surface area is 134 Å². The van der Waals surface area contributed by atoms with Crippen LogP contribution in [0.5, 0.6) is 0 Å². The van der Waals surface area contributed by atoms with Gasteiger partial charge in [-0.3, -0.25) is 0 Å². The van der Waals surface area contributed by atoms with Crippen LogP contribution in [0.25, 0.3) is 0 Å². The lowest BCUT2D eigenvalue weighted by molar-refractivity contribution is 0.0322. The van der Waals surface area contributed by atoms with E-state index in [9.17, 15) is 12.8 Å². The van der Waals surface area contributed by atoms with Crippen LogP contribution in [-0.4, -0.2) is 41.7 Å². The van der Waals surface area contributed by atoms with Gasteiger partial charge >= 0.3 is 0 Å². The first-order valence-corrected chi connectivity index (χ1v) is 8.74. The highest BCUT2D eigenvalue weighted by Gasteiger charge is 2.27. The molecular weight excluding hydrogens is 333 g/mol. The van der Waals surface area contributed by atoms with Crippen molar-refractivity contribution in [1.82, 2.24) is 14.8 Å². The second-order valence-electron chi connectivity index (χ2n) is 4.99. The Balaban J connectivity index is 2.18. The molecule has 0 radical (unpaired) electrons. The summed E-state index contributed by atoms with van der Waals surface area (Å²) in [4.78, 5) is 0. The molecule has 2 atom stereocenters. The maximum atomic E-state index is 13.3. The molecule has 2 unspecified atom stereocenters. The molecular formula is C13H19ClFN3O3S. The lowest BCUT2D eigenvalue weighted by Crippen LogP contribution is -2.40. The number of benzene rings is 1. The molecule has 0 saturated carbocycles. The largest absolute Gasteiger partial charge is 0.372 e. The lowest BCUT2D eigenvalue weighted by Gasteiger charge is -2.25. The highest BCUT2D eigenvalue weighted by molar-refractivity contribution is 7.87. The van der Waals surface area contributed by atoms with Gasteiger partial charge < -0.3 is 10.1 Å². The topological polar surface area (TPSA) is 79.5 Å². The fourth-order valence-corrected chi connectivity index (χ4v) is 3.08. The van der Waals surface area contributed by atoms with Crippen molar-refractivity contribution < 1.29 is 17.5 Å². The molecule has 6 nitrogen and oxygen atoms in total. The quantitative estimate of drug-likeness (QED) is 0.733. The Morgan fingerprint density at radius 2 is 2.27 bits per heavy atom. The third-order valence-corrected chi connectivity index (χ3v) is 4.86. The first-order valence-electron chi connectivity index (χ1n) is 6.88. The molecule has 1 aliphatic heterocycles. The highest BCUT2D eigenvalue weighted by Crippen LogP contribution is 2.29. The first-order chi connectivity index (χ1) is 10.4. The summed E-state index contributed by atoms with van der Waals surface area (Å²) in [6, 6.07) is 4.41. The fourth-order valence-electron chi connectivity index (χ4n) is 2.31. The number of ether oxygens (including phenoxy) is 1. The zero-order chi connectivity index (χ0) is 16.2. The number of rotatable bonds is 5. The minimum atomic E-state index is -3.52. The van der Waals surface area contributed by atoms with E-state index in [1.165, 1.54) is 19.2 Å². The summed E-state index contributed by atoms with van der Waals surface area (Å²) >= 11 is 5.83. The molecule has 1 aliphatic rings. The van der Waals surface area contributed by atoms with Crippen LogP contribution in [0.2, 0.25) is 5.02 Å². The van der Waals surface area contributed by atoms with Crippen molar-refractivity contribution in [3.8, 4) is 0 Å². The number of hydrogen-bond donors (Lipinski definition) is 3. The molecule has 22 heavy (non-hydrogen) atoms. The van der Waals surface area contributed by atoms with Gasteiger partial charge in [0, 0.05) is 32.6 Å². The van der Waals surface area contributed by atoms with Gasteiger partial charge in [-0.15, -0.1) is 0 Å². The number of halogens is 2. The molecule has 0 aliphatic carbocycles. The van der Waals surface area contributed by atoms with E-state index >= 15 is 0 Å². The van der Waals surface area contributed by atoms with Gasteiger partial charge in [0.15, 0.2) is 0 Å². The third kappa shape index (κ3) is 4.61. The summed E-state index contributed by atoms with van der Waals surface area (Å²) in [5, 5.41) is 3.21. The standard InChI is InChI=1S/C13H19ClFN3O3S/c1-16-22(19,20)18-8-10-7-17-4-5-21-13(10)9-2-3-12(15)11(14)6-9/h2-3,6,10,13,16-18H,4-5,7-8H2,1H3. The minimum Gasteiger partial charge on any atom is -0.372 e. The van der Waals surface area contributed by atoms with Gasteiger partial charge in [0.1, 0.15) is 5.82 Å². The van der Waals surface area contributed by atoms with E-state index in [0.29, 0.717) is 19.7 Å². The molecule has 1 heterocycles. The van der Waals surface area contributed by atoms with Crippen molar-refractivity contribution >= 4 is 21.8 Å². The summed E-state index contributed by atoms with van der Waals surface area (Å²) in [5.74, 6) is -0.642. The SMILES string of the molecule is CNS(=O)(=O)NCC1CNCCOC1c1ccc(F)c(Cl)c1. The van der Waals surface area contributed by atoms with E-state index in [2.05, 4.69) is 14.8 Å². The van der Waals surface area contributed by atoms with Crippen LogP contribution in [0.4, 0.5) is 4.39 Å². The Bertz CT molecular complexity index is 615. The normalized spacial score (nSPS) is 23.2. The van der Waals surface area contributed by atoms with Crippen molar-refractivity contribution in [1.29, 1.82) is 0 Å². The van der Waals surface area contributed by atoms with Crippen LogP contribution in [0, 0.1) is 11.7 Å². The Hall–Kier alpha value is -0.770. The molecule has 0 aromatic heterocycles. The zero-order valence-corrected chi connectivity index (χ0v) is 13.7. The van der Waals surface area contributed by atoms with Crippen LogP contribution in [0.1, 0.15) is 11.7 Å². The smallest absolute Gasteiger partial charge is 0.276 e. The summed E-state index contributed by atoms with van der Waals surface area (Å²) in [6.45, 7) is 1.91. The average Bonchev–Trinajstić information content (AvgIpc) is 2.73. The van der Waals surface area contributed by atoms with Crippen molar-refractivity contribution in [2.75, 3.05) is 33.3 Å². The van der Waals surface area contributed by atoms with Gasteiger partial charge in [-0.05, 0) is 17.7 Å². The van der Waals surface area contributed by atoms with Gasteiger partial charge in [-0.1, -0.05) is 17.7 Å². The first kappa shape index (κ1) is 17.6. The maximum absolute atomic E-state index is 13.3. The molecule has 124 valence electrons. The molecule has 9 heteroatoms. The van der Waals surface area contributed by atoms with Crippen molar-refractivity contribution in [3.05, 3.63) is 34.6 Å². The third-order valence-electron chi connectivity index (χ3n) is 3.49. The summed E-state index contributed by atoms with van der Waals surface area (Å²) in [7, 11) is -2.19. The van der Waals surface area contributed by atoms with Crippen LogP contribution in [0.15, 0.2) is 18.2 Å². The number of hydrogen-bond acceptors (Lipinski definition) is 4. The molecule has 1 aromatic rings. The second-order valence-corrected chi connectivity index (χ2v) is 7.10. The van der Waals surface area contributed by atoms with Gasteiger partial charge in [0.2, 0.25) is 0 Å². The zero-order valence-electron chi connectivity index (χ0n) is 12.1.